The fraction of sp³-hybridized carbons (Fsp3) is 0.438. The van der Waals surface area contributed by atoms with Gasteiger partial charge in [0.1, 0.15) is 6.04 Å². The fourth-order valence-electron chi connectivity index (χ4n) is 2.93. The molecular weight excluding hydrogens is 278 g/mol. The molecule has 0 saturated carbocycles. The van der Waals surface area contributed by atoms with Crippen LogP contribution in [0, 0.1) is 5.92 Å². The number of rotatable bonds is 4. The molecule has 0 bridgehead atoms. The zero-order valence-corrected chi connectivity index (χ0v) is 12.5. The highest BCUT2D eigenvalue weighted by atomic mass is 16.2. The Hall–Kier alpha value is -2.21. The van der Waals surface area contributed by atoms with Gasteiger partial charge >= 0.3 is 0 Å². The second-order valence-corrected chi connectivity index (χ2v) is 5.78. The molecule has 22 heavy (non-hydrogen) atoms. The van der Waals surface area contributed by atoms with Crippen molar-refractivity contribution < 1.29 is 4.79 Å². The molecule has 1 atom stereocenters. The van der Waals surface area contributed by atoms with Gasteiger partial charge in [-0.1, -0.05) is 35.5 Å². The lowest BCUT2D eigenvalue weighted by atomic mass is 9.95. The van der Waals surface area contributed by atoms with Gasteiger partial charge in [0.05, 0.1) is 6.20 Å². The topological polar surface area (TPSA) is 77.0 Å². The molecule has 1 fully saturated rings. The van der Waals surface area contributed by atoms with Crippen LogP contribution in [0.4, 0.5) is 0 Å². The molecule has 6 nitrogen and oxygen atoms in total. The first kappa shape index (κ1) is 14.7. The minimum Gasteiger partial charge on any atom is -0.341 e. The monoisotopic (exact) mass is 299 g/mol. The smallest absolute Gasteiger partial charge is 0.244 e. The summed E-state index contributed by atoms with van der Waals surface area (Å²) in [4.78, 5) is 14.4. The predicted octanol–water partition coefficient (Wildman–Crippen LogP) is 1.22. The summed E-state index contributed by atoms with van der Waals surface area (Å²) in [7, 11) is 0. The maximum absolute atomic E-state index is 12.5. The molecule has 1 saturated heterocycles. The third kappa shape index (κ3) is 3.33. The van der Waals surface area contributed by atoms with Crippen molar-refractivity contribution in [1.82, 2.24) is 19.9 Å². The second-order valence-electron chi connectivity index (χ2n) is 5.78. The van der Waals surface area contributed by atoms with Crippen molar-refractivity contribution in [2.75, 3.05) is 13.1 Å². The zero-order valence-electron chi connectivity index (χ0n) is 12.5. The summed E-state index contributed by atoms with van der Waals surface area (Å²) in [6.45, 7) is 2.39. The first-order valence-corrected chi connectivity index (χ1v) is 7.67. The van der Waals surface area contributed by atoms with Crippen molar-refractivity contribution in [2.24, 2.45) is 11.7 Å². The maximum atomic E-state index is 12.5. The van der Waals surface area contributed by atoms with E-state index in [1.165, 1.54) is 0 Å². The summed E-state index contributed by atoms with van der Waals surface area (Å²) in [5.41, 5.74) is 6.97. The number of piperidine rings is 1. The molecule has 1 amide bonds. The summed E-state index contributed by atoms with van der Waals surface area (Å²) in [5.74, 6) is 0.559. The number of benzene rings is 1. The summed E-state index contributed by atoms with van der Waals surface area (Å²) in [5, 5.41) is 7.82. The van der Waals surface area contributed by atoms with Gasteiger partial charge in [0.15, 0.2) is 0 Å². The van der Waals surface area contributed by atoms with Gasteiger partial charge in [-0.3, -0.25) is 9.48 Å². The number of likely N-dealkylation sites (tertiary alicyclic amines) is 1. The van der Waals surface area contributed by atoms with Crippen molar-refractivity contribution in [3.8, 4) is 0 Å². The Morgan fingerprint density at radius 1 is 1.27 bits per heavy atom. The first-order valence-electron chi connectivity index (χ1n) is 7.67. The van der Waals surface area contributed by atoms with E-state index in [9.17, 15) is 4.79 Å². The number of carbonyl (C=O) groups excluding carboxylic acids is 1. The lowest BCUT2D eigenvalue weighted by molar-refractivity contribution is -0.134. The van der Waals surface area contributed by atoms with Crippen LogP contribution in [-0.2, 0) is 11.3 Å². The molecule has 1 aliphatic rings. The third-order valence-electron chi connectivity index (χ3n) is 4.27. The van der Waals surface area contributed by atoms with E-state index in [-0.39, 0.29) is 5.91 Å². The van der Waals surface area contributed by atoms with Gasteiger partial charge in [-0.05, 0) is 24.3 Å². The van der Waals surface area contributed by atoms with Crippen LogP contribution in [0.15, 0.2) is 42.7 Å². The summed E-state index contributed by atoms with van der Waals surface area (Å²) < 4.78 is 1.86. The Kier molecular flexibility index (Phi) is 4.48. The number of nitrogens with two attached hydrogens (primary N) is 1. The van der Waals surface area contributed by atoms with Crippen LogP contribution in [0.3, 0.4) is 0 Å². The number of carbonyl (C=O) groups is 1. The fourth-order valence-corrected chi connectivity index (χ4v) is 2.93. The molecule has 1 aromatic carbocycles. The van der Waals surface area contributed by atoms with E-state index in [1.807, 2.05) is 46.1 Å². The van der Waals surface area contributed by atoms with Crippen molar-refractivity contribution in [1.29, 1.82) is 0 Å². The van der Waals surface area contributed by atoms with E-state index in [4.69, 9.17) is 5.73 Å². The maximum Gasteiger partial charge on any atom is 0.244 e. The van der Waals surface area contributed by atoms with Crippen molar-refractivity contribution in [3.05, 3.63) is 48.3 Å². The largest absolute Gasteiger partial charge is 0.341 e. The van der Waals surface area contributed by atoms with E-state index in [0.717, 1.165) is 38.0 Å². The molecule has 2 aromatic rings. The highest BCUT2D eigenvalue weighted by Gasteiger charge is 2.27. The minimum atomic E-state index is -0.562. The van der Waals surface area contributed by atoms with Crippen LogP contribution in [-0.4, -0.2) is 38.9 Å². The summed E-state index contributed by atoms with van der Waals surface area (Å²) >= 11 is 0. The van der Waals surface area contributed by atoms with E-state index < -0.39 is 6.04 Å². The Bertz CT molecular complexity index is 590. The Labute approximate surface area is 129 Å². The Morgan fingerprint density at radius 3 is 2.64 bits per heavy atom. The average Bonchev–Trinajstić information content (AvgIpc) is 3.08. The molecule has 0 spiro atoms. The molecule has 0 aliphatic carbocycles. The van der Waals surface area contributed by atoms with Gasteiger partial charge in [0.25, 0.3) is 0 Å². The lowest BCUT2D eigenvalue weighted by Crippen LogP contribution is -2.43. The summed E-state index contributed by atoms with van der Waals surface area (Å²) in [6, 6.07) is 8.99. The van der Waals surface area contributed by atoms with Crippen LogP contribution >= 0.6 is 0 Å². The molecule has 1 aliphatic heterocycles. The summed E-state index contributed by atoms with van der Waals surface area (Å²) in [6.07, 6.45) is 5.53. The normalized spacial score (nSPS) is 17.4. The van der Waals surface area contributed by atoms with E-state index in [2.05, 4.69) is 10.3 Å². The number of hydrogen-bond donors (Lipinski definition) is 1. The zero-order chi connectivity index (χ0) is 15.4. The van der Waals surface area contributed by atoms with E-state index >= 15 is 0 Å². The van der Waals surface area contributed by atoms with Crippen molar-refractivity contribution in [2.45, 2.75) is 25.4 Å². The molecule has 1 aromatic heterocycles. The van der Waals surface area contributed by atoms with Gasteiger partial charge in [-0.2, -0.15) is 0 Å². The van der Waals surface area contributed by atoms with E-state index in [1.54, 1.807) is 6.20 Å². The van der Waals surface area contributed by atoms with Gasteiger partial charge in [-0.15, -0.1) is 5.10 Å². The molecule has 6 heteroatoms. The number of hydrogen-bond acceptors (Lipinski definition) is 4. The quantitative estimate of drug-likeness (QED) is 0.921. The molecule has 0 radical (unpaired) electrons. The highest BCUT2D eigenvalue weighted by Crippen LogP contribution is 2.21. The number of aromatic nitrogens is 3. The van der Waals surface area contributed by atoms with Crippen LogP contribution in [0.1, 0.15) is 24.4 Å². The second kappa shape index (κ2) is 6.70. The van der Waals surface area contributed by atoms with Crippen LogP contribution in [0.5, 0.6) is 0 Å². The minimum absolute atomic E-state index is 0.0189. The number of nitrogens with zero attached hydrogens (tertiary/aromatic N) is 4. The van der Waals surface area contributed by atoms with Crippen molar-refractivity contribution >= 4 is 5.91 Å². The Balaban J connectivity index is 1.53. The lowest BCUT2D eigenvalue weighted by Gasteiger charge is -2.33. The molecule has 3 rings (SSSR count). The number of amides is 1. The third-order valence-corrected chi connectivity index (χ3v) is 4.27. The van der Waals surface area contributed by atoms with Crippen LogP contribution in [0.25, 0.3) is 0 Å². The predicted molar refractivity (Wildman–Crippen MR) is 82.7 cm³/mol. The van der Waals surface area contributed by atoms with E-state index in [0.29, 0.717) is 5.92 Å². The molecule has 0 unspecified atom stereocenters. The Morgan fingerprint density at radius 2 is 2.00 bits per heavy atom. The van der Waals surface area contributed by atoms with Gasteiger partial charge in [0, 0.05) is 25.8 Å². The average molecular weight is 299 g/mol. The van der Waals surface area contributed by atoms with Crippen LogP contribution < -0.4 is 5.73 Å². The standard InChI is InChI=1S/C16H21N5O/c17-15(14-4-2-1-3-5-14)16(22)20-9-6-13(7-10-20)12-21-11-8-18-19-21/h1-5,8,11,13,15H,6-7,9-10,12,17H2/t15-/m0/s1. The van der Waals surface area contributed by atoms with Crippen molar-refractivity contribution in [3.63, 3.8) is 0 Å². The molecular formula is C16H21N5O. The van der Waals surface area contributed by atoms with Crippen LogP contribution in [0.2, 0.25) is 0 Å². The molecule has 2 N–H and O–H groups in total. The SMILES string of the molecule is N[C@H](C(=O)N1CCC(Cn2ccnn2)CC1)c1ccccc1. The first-order chi connectivity index (χ1) is 10.7. The van der Waals surface area contributed by atoms with Gasteiger partial charge in [-0.25, -0.2) is 0 Å². The van der Waals surface area contributed by atoms with Gasteiger partial charge in [0.2, 0.25) is 5.91 Å². The molecule has 116 valence electrons. The highest BCUT2D eigenvalue weighted by molar-refractivity contribution is 5.83. The van der Waals surface area contributed by atoms with Gasteiger partial charge < -0.3 is 10.6 Å². The molecule has 2 heterocycles.